The lowest BCUT2D eigenvalue weighted by Crippen LogP contribution is -2.16. The average molecular weight is 301 g/mol. The summed E-state index contributed by atoms with van der Waals surface area (Å²) in [6.45, 7) is 0. The first-order valence-corrected chi connectivity index (χ1v) is 5.95. The van der Waals surface area contributed by atoms with Crippen LogP contribution in [0.3, 0.4) is 0 Å². The van der Waals surface area contributed by atoms with Gasteiger partial charge in [-0.15, -0.1) is 0 Å². The molecule has 2 N–H and O–H groups in total. The van der Waals surface area contributed by atoms with Gasteiger partial charge in [0.25, 0.3) is 0 Å². The molecule has 2 aromatic rings. The fraction of sp³-hybridized carbons (Fsp3) is 0.182. The SMILES string of the molecule is Cn1ncc(Br)c1C(N)c1ccccc1Cl. The van der Waals surface area contributed by atoms with Crippen molar-refractivity contribution < 1.29 is 0 Å². The van der Waals surface area contributed by atoms with Crippen LogP contribution in [0.5, 0.6) is 0 Å². The van der Waals surface area contributed by atoms with E-state index in [9.17, 15) is 0 Å². The zero-order valence-electron chi connectivity index (χ0n) is 8.69. The smallest absolute Gasteiger partial charge is 0.0749 e. The summed E-state index contributed by atoms with van der Waals surface area (Å²) in [5.74, 6) is 0. The maximum absolute atomic E-state index is 6.19. The zero-order chi connectivity index (χ0) is 11.7. The molecule has 84 valence electrons. The molecular formula is C11H11BrClN3. The maximum Gasteiger partial charge on any atom is 0.0749 e. The van der Waals surface area contributed by atoms with Crippen LogP contribution >= 0.6 is 27.5 Å². The molecule has 0 saturated heterocycles. The Morgan fingerprint density at radius 3 is 2.69 bits per heavy atom. The molecule has 1 aromatic carbocycles. The molecule has 1 unspecified atom stereocenters. The molecular weight excluding hydrogens is 289 g/mol. The minimum atomic E-state index is -0.282. The van der Waals surface area contributed by atoms with Crippen molar-refractivity contribution in [3.05, 3.63) is 51.2 Å². The molecule has 0 aliphatic carbocycles. The lowest BCUT2D eigenvalue weighted by atomic mass is 10.0. The second-order valence-corrected chi connectivity index (χ2v) is 4.76. The average Bonchev–Trinajstić information content (AvgIpc) is 2.58. The van der Waals surface area contributed by atoms with E-state index in [1.54, 1.807) is 10.9 Å². The third-order valence-corrected chi connectivity index (χ3v) is 3.43. The van der Waals surface area contributed by atoms with Gasteiger partial charge in [-0.05, 0) is 27.6 Å². The largest absolute Gasteiger partial charge is 0.319 e. The van der Waals surface area contributed by atoms with Crippen molar-refractivity contribution in [1.82, 2.24) is 9.78 Å². The number of halogens is 2. The highest BCUT2D eigenvalue weighted by Crippen LogP contribution is 2.29. The van der Waals surface area contributed by atoms with Crippen LogP contribution in [0.1, 0.15) is 17.3 Å². The second kappa shape index (κ2) is 4.57. The summed E-state index contributed by atoms with van der Waals surface area (Å²) in [6, 6.07) is 7.28. The number of aromatic nitrogens is 2. The Bertz CT molecular complexity index is 490. The molecule has 1 aromatic heterocycles. The van der Waals surface area contributed by atoms with Gasteiger partial charge in [-0.25, -0.2) is 0 Å². The van der Waals surface area contributed by atoms with Crippen molar-refractivity contribution in [2.75, 3.05) is 0 Å². The number of aryl methyl sites for hydroxylation is 1. The molecule has 3 nitrogen and oxygen atoms in total. The summed E-state index contributed by atoms with van der Waals surface area (Å²) in [5, 5.41) is 4.81. The first-order chi connectivity index (χ1) is 7.61. The van der Waals surface area contributed by atoms with Gasteiger partial charge in [0.1, 0.15) is 0 Å². The van der Waals surface area contributed by atoms with Crippen molar-refractivity contribution in [1.29, 1.82) is 0 Å². The van der Waals surface area contributed by atoms with Gasteiger partial charge >= 0.3 is 0 Å². The van der Waals surface area contributed by atoms with Crippen molar-refractivity contribution >= 4 is 27.5 Å². The minimum absolute atomic E-state index is 0.282. The number of nitrogens with two attached hydrogens (primary N) is 1. The molecule has 0 spiro atoms. The number of hydrogen-bond acceptors (Lipinski definition) is 2. The molecule has 0 fully saturated rings. The highest BCUT2D eigenvalue weighted by atomic mass is 79.9. The van der Waals surface area contributed by atoms with Gasteiger partial charge in [0, 0.05) is 12.1 Å². The Balaban J connectivity index is 2.47. The van der Waals surface area contributed by atoms with Crippen molar-refractivity contribution in [3.63, 3.8) is 0 Å². The lowest BCUT2D eigenvalue weighted by molar-refractivity contribution is 0.671. The van der Waals surface area contributed by atoms with Gasteiger partial charge in [0.15, 0.2) is 0 Å². The number of hydrogen-bond donors (Lipinski definition) is 1. The Labute approximate surface area is 107 Å². The van der Waals surface area contributed by atoms with Crippen molar-refractivity contribution in [2.45, 2.75) is 6.04 Å². The molecule has 0 radical (unpaired) electrons. The molecule has 1 atom stereocenters. The highest BCUT2D eigenvalue weighted by Gasteiger charge is 2.18. The van der Waals surface area contributed by atoms with Crippen LogP contribution in [0.25, 0.3) is 0 Å². The van der Waals surface area contributed by atoms with E-state index in [1.165, 1.54) is 0 Å². The van der Waals surface area contributed by atoms with Gasteiger partial charge in [0.05, 0.1) is 22.4 Å². The van der Waals surface area contributed by atoms with Crippen LogP contribution in [0, 0.1) is 0 Å². The lowest BCUT2D eigenvalue weighted by Gasteiger charge is -2.14. The zero-order valence-corrected chi connectivity index (χ0v) is 11.0. The van der Waals surface area contributed by atoms with Crippen LogP contribution in [-0.2, 0) is 7.05 Å². The topological polar surface area (TPSA) is 43.8 Å². The normalized spacial score (nSPS) is 12.8. The summed E-state index contributed by atoms with van der Waals surface area (Å²) >= 11 is 9.55. The van der Waals surface area contributed by atoms with Crippen LogP contribution in [0.15, 0.2) is 34.9 Å². The molecule has 16 heavy (non-hydrogen) atoms. The number of rotatable bonds is 2. The van der Waals surface area contributed by atoms with E-state index in [0.29, 0.717) is 5.02 Å². The molecule has 1 heterocycles. The first kappa shape index (κ1) is 11.6. The van der Waals surface area contributed by atoms with Crippen molar-refractivity contribution in [3.8, 4) is 0 Å². The van der Waals surface area contributed by atoms with Crippen LogP contribution in [-0.4, -0.2) is 9.78 Å². The first-order valence-electron chi connectivity index (χ1n) is 4.78. The van der Waals surface area contributed by atoms with E-state index in [0.717, 1.165) is 15.7 Å². The quantitative estimate of drug-likeness (QED) is 0.927. The molecule has 0 aliphatic rings. The van der Waals surface area contributed by atoms with Gasteiger partial charge in [-0.2, -0.15) is 5.10 Å². The highest BCUT2D eigenvalue weighted by molar-refractivity contribution is 9.10. The fourth-order valence-corrected chi connectivity index (χ4v) is 2.49. The van der Waals surface area contributed by atoms with Gasteiger partial charge in [-0.3, -0.25) is 4.68 Å². The Kier molecular flexibility index (Phi) is 3.33. The van der Waals surface area contributed by atoms with Gasteiger partial charge in [0.2, 0.25) is 0 Å². The maximum atomic E-state index is 6.19. The molecule has 0 bridgehead atoms. The molecule has 0 saturated carbocycles. The number of benzene rings is 1. The van der Waals surface area contributed by atoms with E-state index in [-0.39, 0.29) is 6.04 Å². The van der Waals surface area contributed by atoms with E-state index >= 15 is 0 Å². The summed E-state index contributed by atoms with van der Waals surface area (Å²) in [6.07, 6.45) is 1.73. The third kappa shape index (κ3) is 2.00. The summed E-state index contributed by atoms with van der Waals surface area (Å²) in [7, 11) is 1.86. The van der Waals surface area contributed by atoms with Crippen molar-refractivity contribution in [2.24, 2.45) is 12.8 Å². The predicted molar refractivity (Wildman–Crippen MR) is 68.4 cm³/mol. The summed E-state index contributed by atoms with van der Waals surface area (Å²) < 4.78 is 2.64. The summed E-state index contributed by atoms with van der Waals surface area (Å²) in [4.78, 5) is 0. The van der Waals surface area contributed by atoms with E-state index in [1.807, 2.05) is 31.3 Å². The van der Waals surface area contributed by atoms with Crippen LogP contribution < -0.4 is 5.73 Å². The summed E-state index contributed by atoms with van der Waals surface area (Å²) in [5.41, 5.74) is 7.99. The molecule has 0 amide bonds. The van der Waals surface area contributed by atoms with E-state index in [2.05, 4.69) is 21.0 Å². The Hall–Kier alpha value is -0.840. The van der Waals surface area contributed by atoms with Crippen LogP contribution in [0.4, 0.5) is 0 Å². The van der Waals surface area contributed by atoms with E-state index in [4.69, 9.17) is 17.3 Å². The second-order valence-electron chi connectivity index (χ2n) is 3.50. The standard InChI is InChI=1S/C11H11BrClN3/c1-16-11(8(12)6-15-16)10(14)7-4-2-3-5-9(7)13/h2-6,10H,14H2,1H3. The Morgan fingerprint density at radius 1 is 1.44 bits per heavy atom. The number of nitrogens with zero attached hydrogens (tertiary/aromatic N) is 2. The van der Waals surface area contributed by atoms with E-state index < -0.39 is 0 Å². The molecule has 5 heteroatoms. The minimum Gasteiger partial charge on any atom is -0.319 e. The third-order valence-electron chi connectivity index (χ3n) is 2.47. The molecule has 2 rings (SSSR count). The van der Waals surface area contributed by atoms with Crippen LogP contribution in [0.2, 0.25) is 5.02 Å². The predicted octanol–water partition coefficient (Wildman–Crippen LogP) is 2.88. The monoisotopic (exact) mass is 299 g/mol. The molecule has 0 aliphatic heterocycles. The Morgan fingerprint density at radius 2 is 2.12 bits per heavy atom. The van der Waals surface area contributed by atoms with Gasteiger partial charge < -0.3 is 5.73 Å². The fourth-order valence-electron chi connectivity index (χ4n) is 1.64. The van der Waals surface area contributed by atoms with Gasteiger partial charge in [-0.1, -0.05) is 29.8 Å².